The Kier molecular flexibility index (Phi) is 5.06. The summed E-state index contributed by atoms with van der Waals surface area (Å²) in [4.78, 5) is 12.9. The van der Waals surface area contributed by atoms with Crippen molar-refractivity contribution >= 4 is 5.91 Å². The van der Waals surface area contributed by atoms with E-state index in [2.05, 4.69) is 22.5 Å². The van der Waals surface area contributed by atoms with Crippen LogP contribution in [0.3, 0.4) is 0 Å². The van der Waals surface area contributed by atoms with Crippen LogP contribution in [0.5, 0.6) is 0 Å². The fraction of sp³-hybridized carbons (Fsp3) is 0.130. The molecule has 0 saturated carbocycles. The normalized spacial score (nSPS) is 10.8. The number of furan rings is 1. The van der Waals surface area contributed by atoms with E-state index in [1.54, 1.807) is 23.1 Å². The van der Waals surface area contributed by atoms with Crippen LogP contribution in [0.2, 0.25) is 0 Å². The maximum absolute atomic E-state index is 12.9. The topological polar surface area (TPSA) is 60.1 Å². The van der Waals surface area contributed by atoms with E-state index in [9.17, 15) is 4.79 Å². The van der Waals surface area contributed by atoms with Crippen LogP contribution >= 0.6 is 0 Å². The van der Waals surface area contributed by atoms with E-state index in [0.717, 1.165) is 17.7 Å². The van der Waals surface area contributed by atoms with Crippen molar-refractivity contribution in [1.82, 2.24) is 15.1 Å². The molecule has 0 saturated heterocycles. The summed E-state index contributed by atoms with van der Waals surface area (Å²) >= 11 is 0. The molecule has 0 atom stereocenters. The third kappa shape index (κ3) is 3.88. The number of benzene rings is 2. The number of nitrogens with zero attached hydrogens (tertiary/aromatic N) is 2. The predicted molar refractivity (Wildman–Crippen MR) is 108 cm³/mol. The molecule has 28 heavy (non-hydrogen) atoms. The highest BCUT2D eigenvalue weighted by Crippen LogP contribution is 2.22. The molecule has 0 spiro atoms. The minimum absolute atomic E-state index is 0.164. The van der Waals surface area contributed by atoms with E-state index in [1.807, 2.05) is 55.5 Å². The SMILES string of the molecule is Cc1cccc(-n2nc(-c3ccco3)cc2C(=O)NCCc2ccccc2)c1. The Hall–Kier alpha value is -3.60. The van der Waals surface area contributed by atoms with Crippen molar-refractivity contribution in [3.8, 4) is 17.1 Å². The zero-order valence-corrected chi connectivity index (χ0v) is 15.6. The Morgan fingerprint density at radius 3 is 2.64 bits per heavy atom. The van der Waals surface area contributed by atoms with E-state index in [1.165, 1.54) is 5.56 Å². The second-order valence-corrected chi connectivity index (χ2v) is 6.63. The van der Waals surface area contributed by atoms with Gasteiger partial charge in [0.15, 0.2) is 5.76 Å². The number of hydrogen-bond donors (Lipinski definition) is 1. The van der Waals surface area contributed by atoms with Crippen molar-refractivity contribution in [3.63, 3.8) is 0 Å². The summed E-state index contributed by atoms with van der Waals surface area (Å²) in [6, 6.07) is 23.4. The number of amides is 1. The molecule has 1 amide bonds. The summed E-state index contributed by atoms with van der Waals surface area (Å²) in [5, 5.41) is 7.61. The minimum Gasteiger partial charge on any atom is -0.463 e. The maximum Gasteiger partial charge on any atom is 0.270 e. The van der Waals surface area contributed by atoms with Crippen LogP contribution in [0.1, 0.15) is 21.6 Å². The fourth-order valence-electron chi connectivity index (χ4n) is 3.10. The molecule has 1 N–H and O–H groups in total. The Balaban J connectivity index is 1.60. The summed E-state index contributed by atoms with van der Waals surface area (Å²) in [7, 11) is 0. The maximum atomic E-state index is 12.9. The van der Waals surface area contributed by atoms with Gasteiger partial charge in [-0.1, -0.05) is 42.5 Å². The smallest absolute Gasteiger partial charge is 0.270 e. The molecular formula is C23H21N3O2. The zero-order chi connectivity index (χ0) is 19.3. The van der Waals surface area contributed by atoms with Gasteiger partial charge in [-0.15, -0.1) is 0 Å². The standard InChI is InChI=1S/C23H21N3O2/c1-17-7-5-10-19(15-17)26-21(16-20(25-26)22-11-6-14-28-22)23(27)24-13-12-18-8-3-2-4-9-18/h2-11,14-16H,12-13H2,1H3,(H,24,27). The Morgan fingerprint density at radius 1 is 1.04 bits per heavy atom. The molecule has 2 heterocycles. The van der Waals surface area contributed by atoms with Crippen LogP contribution in [0.4, 0.5) is 0 Å². The molecule has 0 unspecified atom stereocenters. The summed E-state index contributed by atoms with van der Waals surface area (Å²) in [6.07, 6.45) is 2.37. The molecule has 4 rings (SSSR count). The first-order valence-corrected chi connectivity index (χ1v) is 9.24. The van der Waals surface area contributed by atoms with Gasteiger partial charge in [0.1, 0.15) is 11.4 Å². The highest BCUT2D eigenvalue weighted by molar-refractivity contribution is 5.94. The van der Waals surface area contributed by atoms with Gasteiger partial charge < -0.3 is 9.73 Å². The minimum atomic E-state index is -0.164. The van der Waals surface area contributed by atoms with Crippen molar-refractivity contribution in [2.45, 2.75) is 13.3 Å². The average molecular weight is 371 g/mol. The zero-order valence-electron chi connectivity index (χ0n) is 15.6. The predicted octanol–water partition coefficient (Wildman–Crippen LogP) is 4.41. The number of aromatic nitrogens is 2. The molecule has 0 radical (unpaired) electrons. The Labute approximate surface area is 163 Å². The summed E-state index contributed by atoms with van der Waals surface area (Å²) in [5.41, 5.74) is 4.23. The van der Waals surface area contributed by atoms with E-state index in [0.29, 0.717) is 23.7 Å². The van der Waals surface area contributed by atoms with Crippen LogP contribution in [-0.2, 0) is 6.42 Å². The third-order valence-electron chi connectivity index (χ3n) is 4.50. The van der Waals surface area contributed by atoms with Crippen LogP contribution < -0.4 is 5.32 Å². The van der Waals surface area contributed by atoms with E-state index >= 15 is 0 Å². The number of nitrogens with one attached hydrogen (secondary N) is 1. The van der Waals surface area contributed by atoms with Crippen molar-refractivity contribution in [2.75, 3.05) is 6.54 Å². The number of aryl methyl sites for hydroxylation is 1. The molecule has 0 bridgehead atoms. The number of carbonyl (C=O) groups is 1. The average Bonchev–Trinajstić information content (AvgIpc) is 3.38. The molecule has 2 aromatic carbocycles. The molecular weight excluding hydrogens is 350 g/mol. The van der Waals surface area contributed by atoms with Gasteiger partial charge in [0.25, 0.3) is 5.91 Å². The summed E-state index contributed by atoms with van der Waals surface area (Å²) in [6.45, 7) is 2.57. The van der Waals surface area contributed by atoms with Crippen LogP contribution in [0, 0.1) is 6.92 Å². The van der Waals surface area contributed by atoms with Gasteiger partial charge in [0.2, 0.25) is 0 Å². The molecule has 0 aliphatic rings. The van der Waals surface area contributed by atoms with Gasteiger partial charge in [-0.2, -0.15) is 5.10 Å². The summed E-state index contributed by atoms with van der Waals surface area (Å²) < 4.78 is 7.13. The lowest BCUT2D eigenvalue weighted by Gasteiger charge is -2.09. The van der Waals surface area contributed by atoms with E-state index in [-0.39, 0.29) is 5.91 Å². The summed E-state index contributed by atoms with van der Waals surface area (Å²) in [5.74, 6) is 0.465. The number of hydrogen-bond acceptors (Lipinski definition) is 3. The second kappa shape index (κ2) is 7.96. The van der Waals surface area contributed by atoms with Crippen molar-refractivity contribution in [3.05, 3.63) is 95.9 Å². The molecule has 2 aromatic heterocycles. The van der Waals surface area contributed by atoms with E-state index in [4.69, 9.17) is 4.42 Å². The molecule has 4 aromatic rings. The van der Waals surface area contributed by atoms with Crippen molar-refractivity contribution < 1.29 is 9.21 Å². The van der Waals surface area contributed by atoms with Crippen LogP contribution in [0.25, 0.3) is 17.1 Å². The van der Waals surface area contributed by atoms with Gasteiger partial charge in [-0.25, -0.2) is 4.68 Å². The van der Waals surface area contributed by atoms with E-state index < -0.39 is 0 Å². The Morgan fingerprint density at radius 2 is 1.89 bits per heavy atom. The van der Waals surface area contributed by atoms with Gasteiger partial charge in [-0.3, -0.25) is 4.79 Å². The first-order chi connectivity index (χ1) is 13.7. The lowest BCUT2D eigenvalue weighted by Crippen LogP contribution is -2.27. The van der Waals surface area contributed by atoms with Gasteiger partial charge in [0.05, 0.1) is 12.0 Å². The largest absolute Gasteiger partial charge is 0.463 e. The lowest BCUT2D eigenvalue weighted by molar-refractivity contribution is 0.0946. The second-order valence-electron chi connectivity index (χ2n) is 6.63. The first-order valence-electron chi connectivity index (χ1n) is 9.24. The lowest BCUT2D eigenvalue weighted by atomic mass is 10.1. The molecule has 0 fully saturated rings. The Bertz CT molecular complexity index is 1070. The van der Waals surface area contributed by atoms with Gasteiger partial charge in [0, 0.05) is 12.6 Å². The highest BCUT2D eigenvalue weighted by atomic mass is 16.3. The van der Waals surface area contributed by atoms with Crippen molar-refractivity contribution in [1.29, 1.82) is 0 Å². The third-order valence-corrected chi connectivity index (χ3v) is 4.50. The fourth-order valence-corrected chi connectivity index (χ4v) is 3.10. The first kappa shape index (κ1) is 17.8. The molecule has 5 nitrogen and oxygen atoms in total. The van der Waals surface area contributed by atoms with Gasteiger partial charge in [-0.05, 0) is 48.7 Å². The van der Waals surface area contributed by atoms with Crippen LogP contribution in [0.15, 0.2) is 83.5 Å². The molecule has 0 aliphatic carbocycles. The van der Waals surface area contributed by atoms with Crippen LogP contribution in [-0.4, -0.2) is 22.2 Å². The quantitative estimate of drug-likeness (QED) is 0.546. The van der Waals surface area contributed by atoms with Gasteiger partial charge >= 0.3 is 0 Å². The number of rotatable bonds is 6. The molecule has 5 heteroatoms. The molecule has 140 valence electrons. The highest BCUT2D eigenvalue weighted by Gasteiger charge is 2.18. The number of carbonyl (C=O) groups excluding carboxylic acids is 1. The monoisotopic (exact) mass is 371 g/mol. The molecule has 0 aliphatic heterocycles. The van der Waals surface area contributed by atoms with Crippen molar-refractivity contribution in [2.24, 2.45) is 0 Å².